The first-order valence-corrected chi connectivity index (χ1v) is 6.86. The van der Waals surface area contributed by atoms with Crippen molar-refractivity contribution in [3.8, 4) is 0 Å². The lowest BCUT2D eigenvalue weighted by atomic mass is 9.95. The molecule has 2 aliphatic rings. The summed E-state index contributed by atoms with van der Waals surface area (Å²) in [5, 5.41) is 2.88. The van der Waals surface area contributed by atoms with E-state index in [9.17, 15) is 9.59 Å². The number of halogens is 1. The normalized spacial score (nSPS) is 29.2. The van der Waals surface area contributed by atoms with Crippen molar-refractivity contribution in [2.24, 2.45) is 11.8 Å². The van der Waals surface area contributed by atoms with E-state index < -0.39 is 0 Å². The van der Waals surface area contributed by atoms with Gasteiger partial charge < -0.3 is 10.2 Å². The number of amides is 2. The van der Waals surface area contributed by atoms with Crippen LogP contribution in [0.25, 0.3) is 0 Å². The predicted molar refractivity (Wildman–Crippen MR) is 70.0 cm³/mol. The summed E-state index contributed by atoms with van der Waals surface area (Å²) < 4.78 is 0. The molecule has 1 aliphatic heterocycles. The Morgan fingerprint density at radius 3 is 2.61 bits per heavy atom. The third-order valence-corrected chi connectivity index (χ3v) is 3.75. The largest absolute Gasteiger partial charge is 0.342 e. The number of rotatable bonds is 4. The summed E-state index contributed by atoms with van der Waals surface area (Å²) in [5.74, 6) is 0.421. The highest BCUT2D eigenvalue weighted by Crippen LogP contribution is 2.35. The second kappa shape index (κ2) is 5.31. The minimum Gasteiger partial charge on any atom is -0.342 e. The van der Waals surface area contributed by atoms with E-state index in [4.69, 9.17) is 11.6 Å². The highest BCUT2D eigenvalue weighted by molar-refractivity contribution is 6.25. The SMILES string of the molecule is CC(C)C1C(=O)NC(C2CC2)C(=O)N1C/C=C/Cl. The number of carbonyl (C=O) groups excluding carboxylic acids is 2. The van der Waals surface area contributed by atoms with Gasteiger partial charge in [0, 0.05) is 12.1 Å². The van der Waals surface area contributed by atoms with Gasteiger partial charge in [-0.15, -0.1) is 0 Å². The van der Waals surface area contributed by atoms with Crippen LogP contribution in [0.5, 0.6) is 0 Å². The number of piperazine rings is 1. The molecule has 2 fully saturated rings. The molecule has 1 aliphatic carbocycles. The summed E-state index contributed by atoms with van der Waals surface area (Å²) in [5.41, 5.74) is 1.39. The second-order valence-corrected chi connectivity index (χ2v) is 5.62. The zero-order chi connectivity index (χ0) is 13.3. The highest BCUT2D eigenvalue weighted by Gasteiger charge is 2.47. The van der Waals surface area contributed by atoms with Crippen LogP contribution < -0.4 is 5.32 Å². The van der Waals surface area contributed by atoms with E-state index in [2.05, 4.69) is 5.32 Å². The average Bonchev–Trinajstić information content (AvgIpc) is 3.12. The van der Waals surface area contributed by atoms with E-state index >= 15 is 0 Å². The summed E-state index contributed by atoms with van der Waals surface area (Å²) in [7, 11) is 0. The Balaban J connectivity index is 2.20. The Morgan fingerprint density at radius 1 is 1.44 bits per heavy atom. The van der Waals surface area contributed by atoms with Crippen molar-refractivity contribution in [1.29, 1.82) is 0 Å². The Hall–Kier alpha value is -1.03. The van der Waals surface area contributed by atoms with Crippen LogP contribution in [0.4, 0.5) is 0 Å². The minimum absolute atomic E-state index is 0.0329. The smallest absolute Gasteiger partial charge is 0.246 e. The molecule has 100 valence electrons. The molecular weight excluding hydrogens is 252 g/mol. The Bertz CT molecular complexity index is 377. The van der Waals surface area contributed by atoms with Crippen LogP contribution >= 0.6 is 11.6 Å². The van der Waals surface area contributed by atoms with Gasteiger partial charge in [-0.1, -0.05) is 31.5 Å². The van der Waals surface area contributed by atoms with Crippen LogP contribution in [0.2, 0.25) is 0 Å². The molecule has 0 spiro atoms. The van der Waals surface area contributed by atoms with E-state index in [1.807, 2.05) is 13.8 Å². The van der Waals surface area contributed by atoms with Gasteiger partial charge in [0.15, 0.2) is 0 Å². The third kappa shape index (κ3) is 2.53. The van der Waals surface area contributed by atoms with E-state index in [-0.39, 0.29) is 29.8 Å². The van der Waals surface area contributed by atoms with Crippen LogP contribution in [0.1, 0.15) is 26.7 Å². The topological polar surface area (TPSA) is 49.4 Å². The molecule has 0 aromatic rings. The van der Waals surface area contributed by atoms with E-state index in [0.29, 0.717) is 12.5 Å². The lowest BCUT2D eigenvalue weighted by Gasteiger charge is -2.40. The summed E-state index contributed by atoms with van der Waals surface area (Å²) in [6, 6.07) is -0.711. The quantitative estimate of drug-likeness (QED) is 0.842. The predicted octanol–water partition coefficient (Wildman–Crippen LogP) is 1.50. The molecule has 1 saturated heterocycles. The number of hydrogen-bond donors (Lipinski definition) is 1. The fourth-order valence-electron chi connectivity index (χ4n) is 2.53. The molecule has 2 atom stereocenters. The number of nitrogens with one attached hydrogen (secondary N) is 1. The van der Waals surface area contributed by atoms with E-state index in [1.165, 1.54) is 5.54 Å². The Labute approximate surface area is 112 Å². The summed E-state index contributed by atoms with van der Waals surface area (Å²) in [6.07, 6.45) is 3.77. The lowest BCUT2D eigenvalue weighted by molar-refractivity contribution is -0.151. The van der Waals surface area contributed by atoms with Gasteiger partial charge in [-0.25, -0.2) is 0 Å². The third-order valence-electron chi connectivity index (χ3n) is 3.57. The summed E-state index contributed by atoms with van der Waals surface area (Å²) >= 11 is 5.52. The first-order chi connectivity index (χ1) is 8.56. The Morgan fingerprint density at radius 2 is 2.11 bits per heavy atom. The standard InChI is InChI=1S/C13H19ClN2O2/c1-8(2)11-12(17)15-10(9-4-5-9)13(18)16(11)7-3-6-14/h3,6,8-11H,4-5,7H2,1-2H3,(H,15,17)/b6-3+. The maximum absolute atomic E-state index is 12.4. The van der Waals surface area contributed by atoms with Crippen molar-refractivity contribution < 1.29 is 9.59 Å². The van der Waals surface area contributed by atoms with Crippen LogP contribution in [0.3, 0.4) is 0 Å². The van der Waals surface area contributed by atoms with Gasteiger partial charge in [0.1, 0.15) is 12.1 Å². The van der Waals surface area contributed by atoms with Crippen LogP contribution in [0, 0.1) is 11.8 Å². The van der Waals surface area contributed by atoms with Gasteiger partial charge in [0.25, 0.3) is 0 Å². The first-order valence-electron chi connectivity index (χ1n) is 6.42. The average molecular weight is 271 g/mol. The fourth-order valence-corrected chi connectivity index (χ4v) is 2.61. The lowest BCUT2D eigenvalue weighted by Crippen LogP contribution is -2.65. The minimum atomic E-state index is -0.389. The molecule has 0 aromatic heterocycles. The molecule has 1 heterocycles. The summed E-state index contributed by atoms with van der Waals surface area (Å²) in [6.45, 7) is 4.31. The van der Waals surface area contributed by atoms with Gasteiger partial charge in [-0.05, 0) is 24.7 Å². The van der Waals surface area contributed by atoms with Gasteiger partial charge >= 0.3 is 0 Å². The number of nitrogens with zero attached hydrogens (tertiary/aromatic N) is 1. The van der Waals surface area contributed by atoms with Crippen molar-refractivity contribution >= 4 is 23.4 Å². The maximum Gasteiger partial charge on any atom is 0.246 e. The number of carbonyl (C=O) groups is 2. The molecule has 2 amide bonds. The highest BCUT2D eigenvalue weighted by atomic mass is 35.5. The maximum atomic E-state index is 12.4. The van der Waals surface area contributed by atoms with Crippen molar-refractivity contribution in [1.82, 2.24) is 10.2 Å². The number of hydrogen-bond acceptors (Lipinski definition) is 2. The molecular formula is C13H19ClN2O2. The molecule has 0 radical (unpaired) electrons. The fraction of sp³-hybridized carbons (Fsp3) is 0.692. The molecule has 1 N–H and O–H groups in total. The molecule has 5 heteroatoms. The van der Waals surface area contributed by atoms with Crippen LogP contribution in [-0.2, 0) is 9.59 Å². The van der Waals surface area contributed by atoms with Crippen molar-refractivity contribution in [3.05, 3.63) is 11.6 Å². The molecule has 1 saturated carbocycles. The molecule has 4 nitrogen and oxygen atoms in total. The Kier molecular flexibility index (Phi) is 3.95. The second-order valence-electron chi connectivity index (χ2n) is 5.36. The molecule has 0 bridgehead atoms. The monoisotopic (exact) mass is 270 g/mol. The van der Waals surface area contributed by atoms with Gasteiger partial charge in [-0.3, -0.25) is 9.59 Å². The molecule has 18 heavy (non-hydrogen) atoms. The van der Waals surface area contributed by atoms with Crippen LogP contribution in [-0.4, -0.2) is 35.3 Å². The van der Waals surface area contributed by atoms with Crippen LogP contribution in [0.15, 0.2) is 11.6 Å². The van der Waals surface area contributed by atoms with Crippen molar-refractivity contribution in [2.45, 2.75) is 38.8 Å². The van der Waals surface area contributed by atoms with Gasteiger partial charge in [-0.2, -0.15) is 0 Å². The first kappa shape index (κ1) is 13.4. The van der Waals surface area contributed by atoms with Gasteiger partial charge in [0.05, 0.1) is 0 Å². The zero-order valence-corrected chi connectivity index (χ0v) is 11.5. The van der Waals surface area contributed by atoms with E-state index in [0.717, 1.165) is 12.8 Å². The molecule has 2 rings (SSSR count). The van der Waals surface area contributed by atoms with E-state index in [1.54, 1.807) is 11.0 Å². The van der Waals surface area contributed by atoms with Crippen molar-refractivity contribution in [2.75, 3.05) is 6.54 Å². The molecule has 2 unspecified atom stereocenters. The summed E-state index contributed by atoms with van der Waals surface area (Å²) in [4.78, 5) is 26.2. The van der Waals surface area contributed by atoms with Crippen molar-refractivity contribution in [3.63, 3.8) is 0 Å². The molecule has 0 aromatic carbocycles. The van der Waals surface area contributed by atoms with Gasteiger partial charge in [0.2, 0.25) is 11.8 Å². The zero-order valence-electron chi connectivity index (χ0n) is 10.7.